The molecule has 8 heteroatoms. The number of nitrogens with zero attached hydrogens (tertiary/aromatic N) is 2. The molecule has 0 spiro atoms. The summed E-state index contributed by atoms with van der Waals surface area (Å²) in [6.45, 7) is 3.41. The van der Waals surface area contributed by atoms with Crippen LogP contribution in [0.1, 0.15) is 25.5 Å². The second kappa shape index (κ2) is 8.56. The molecule has 1 heterocycles. The zero-order valence-corrected chi connectivity index (χ0v) is 19.1. The Bertz CT molecular complexity index is 1250. The SMILES string of the molecule is CC(C)N1C(=O)N(S(=O)(=O)c2ccccc2)CC1c1cc(F)cc(-c2ccccc2)c1Cl. The van der Waals surface area contributed by atoms with Gasteiger partial charge in [-0.15, -0.1) is 0 Å². The standard InChI is InChI=1S/C24H22ClFN2O3S/c1-16(2)28-22(15-27(24(28)29)32(30,31)19-11-7-4-8-12-19)21-14-18(26)13-20(23(21)25)17-9-5-3-6-10-17/h3-14,16,22H,15H2,1-2H3. The van der Waals surface area contributed by atoms with Gasteiger partial charge in [0.25, 0.3) is 10.0 Å². The second-order valence-corrected chi connectivity index (χ2v) is 10.1. The van der Waals surface area contributed by atoms with Gasteiger partial charge in [0.05, 0.1) is 22.5 Å². The molecule has 1 unspecified atom stereocenters. The molecule has 166 valence electrons. The fourth-order valence-electron chi connectivity index (χ4n) is 4.02. The van der Waals surface area contributed by atoms with Gasteiger partial charge < -0.3 is 4.90 Å². The number of hydrogen-bond acceptors (Lipinski definition) is 3. The molecule has 32 heavy (non-hydrogen) atoms. The van der Waals surface area contributed by atoms with Gasteiger partial charge in [0.2, 0.25) is 0 Å². The second-order valence-electron chi connectivity index (χ2n) is 7.87. The first kappa shape index (κ1) is 22.3. The van der Waals surface area contributed by atoms with Crippen molar-refractivity contribution in [3.63, 3.8) is 0 Å². The van der Waals surface area contributed by atoms with Crippen molar-refractivity contribution in [3.8, 4) is 11.1 Å². The van der Waals surface area contributed by atoms with Gasteiger partial charge in [0.1, 0.15) is 5.82 Å². The highest BCUT2D eigenvalue weighted by Crippen LogP contribution is 2.41. The Morgan fingerprint density at radius 2 is 1.59 bits per heavy atom. The lowest BCUT2D eigenvalue weighted by Crippen LogP contribution is -2.39. The van der Waals surface area contributed by atoms with Crippen molar-refractivity contribution in [2.75, 3.05) is 6.54 Å². The van der Waals surface area contributed by atoms with Gasteiger partial charge in [0, 0.05) is 11.6 Å². The Hall–Kier alpha value is -2.90. The quantitative estimate of drug-likeness (QED) is 0.477. The van der Waals surface area contributed by atoms with Gasteiger partial charge >= 0.3 is 6.03 Å². The van der Waals surface area contributed by atoms with Crippen molar-refractivity contribution >= 4 is 27.7 Å². The number of urea groups is 1. The summed E-state index contributed by atoms with van der Waals surface area (Å²) in [7, 11) is -4.08. The molecule has 0 aromatic heterocycles. The number of halogens is 2. The van der Waals surface area contributed by atoms with Gasteiger partial charge in [0.15, 0.2) is 0 Å². The number of amides is 2. The molecule has 0 saturated carbocycles. The van der Waals surface area contributed by atoms with E-state index < -0.39 is 27.9 Å². The summed E-state index contributed by atoms with van der Waals surface area (Å²) in [4.78, 5) is 14.7. The molecule has 3 aromatic carbocycles. The Labute approximate surface area is 192 Å². The molecule has 3 aromatic rings. The zero-order valence-electron chi connectivity index (χ0n) is 17.6. The average Bonchev–Trinajstić information content (AvgIpc) is 3.14. The highest BCUT2D eigenvalue weighted by Gasteiger charge is 2.46. The normalized spacial score (nSPS) is 16.8. The molecule has 0 aliphatic carbocycles. The van der Waals surface area contributed by atoms with Crippen LogP contribution in [0, 0.1) is 5.82 Å². The first-order chi connectivity index (χ1) is 15.2. The summed E-state index contributed by atoms with van der Waals surface area (Å²) in [6, 6.07) is 17.8. The lowest BCUT2D eigenvalue weighted by molar-refractivity contribution is 0.181. The van der Waals surface area contributed by atoms with Crippen molar-refractivity contribution in [2.24, 2.45) is 0 Å². The lowest BCUT2D eigenvalue weighted by Gasteiger charge is -2.28. The van der Waals surface area contributed by atoms with Gasteiger partial charge in [-0.05, 0) is 49.2 Å². The van der Waals surface area contributed by atoms with Gasteiger partial charge in [-0.2, -0.15) is 0 Å². The molecule has 1 fully saturated rings. The van der Waals surface area contributed by atoms with Crippen LogP contribution in [0.2, 0.25) is 5.02 Å². The maximum Gasteiger partial charge on any atom is 0.334 e. The van der Waals surface area contributed by atoms with Gasteiger partial charge in [-0.3, -0.25) is 0 Å². The topological polar surface area (TPSA) is 57.7 Å². The van der Waals surface area contributed by atoms with Crippen LogP contribution >= 0.6 is 11.6 Å². The van der Waals surface area contributed by atoms with Crippen LogP contribution in [-0.4, -0.2) is 36.2 Å². The van der Waals surface area contributed by atoms with Crippen molar-refractivity contribution in [1.82, 2.24) is 9.21 Å². The average molecular weight is 473 g/mol. The molecule has 5 nitrogen and oxygen atoms in total. The van der Waals surface area contributed by atoms with Crippen LogP contribution in [0.3, 0.4) is 0 Å². The van der Waals surface area contributed by atoms with Crippen molar-refractivity contribution in [1.29, 1.82) is 0 Å². The summed E-state index contributed by atoms with van der Waals surface area (Å²) in [5.74, 6) is -0.510. The van der Waals surface area contributed by atoms with Crippen LogP contribution in [0.5, 0.6) is 0 Å². The van der Waals surface area contributed by atoms with Crippen LogP contribution in [-0.2, 0) is 10.0 Å². The first-order valence-corrected chi connectivity index (χ1v) is 12.0. The van der Waals surface area contributed by atoms with E-state index in [1.807, 2.05) is 30.3 Å². The third kappa shape index (κ3) is 3.87. The number of carbonyl (C=O) groups excluding carboxylic acids is 1. The third-order valence-corrected chi connectivity index (χ3v) is 7.68. The fraction of sp³-hybridized carbons (Fsp3) is 0.208. The molecule has 4 rings (SSSR count). The number of sulfonamides is 1. The van der Waals surface area contributed by atoms with E-state index in [2.05, 4.69) is 0 Å². The van der Waals surface area contributed by atoms with E-state index >= 15 is 0 Å². The number of rotatable bonds is 5. The van der Waals surface area contributed by atoms with E-state index in [1.54, 1.807) is 32.0 Å². The summed E-state index contributed by atoms with van der Waals surface area (Å²) in [5.41, 5.74) is 1.59. The molecule has 1 saturated heterocycles. The van der Waals surface area contributed by atoms with Crippen LogP contribution in [0.25, 0.3) is 11.1 Å². The predicted molar refractivity (Wildman–Crippen MR) is 122 cm³/mol. The number of benzene rings is 3. The minimum absolute atomic E-state index is 0.0213. The third-order valence-electron chi connectivity index (χ3n) is 5.51. The Morgan fingerprint density at radius 1 is 1.00 bits per heavy atom. The van der Waals surface area contributed by atoms with Crippen molar-refractivity contribution in [3.05, 3.63) is 89.2 Å². The van der Waals surface area contributed by atoms with Gasteiger partial charge in [-0.25, -0.2) is 21.9 Å². The van der Waals surface area contributed by atoms with Crippen LogP contribution in [0.15, 0.2) is 77.7 Å². The van der Waals surface area contributed by atoms with E-state index in [9.17, 15) is 17.6 Å². The van der Waals surface area contributed by atoms with E-state index in [4.69, 9.17) is 11.6 Å². The van der Waals surface area contributed by atoms with Gasteiger partial charge in [-0.1, -0.05) is 60.1 Å². The monoisotopic (exact) mass is 472 g/mol. The molecule has 0 N–H and O–H groups in total. The smallest absolute Gasteiger partial charge is 0.312 e. The Balaban J connectivity index is 1.82. The van der Waals surface area contributed by atoms with Crippen molar-refractivity contribution in [2.45, 2.75) is 30.8 Å². The van der Waals surface area contributed by atoms with Crippen LogP contribution in [0.4, 0.5) is 9.18 Å². The van der Waals surface area contributed by atoms with E-state index in [0.717, 1.165) is 9.87 Å². The van der Waals surface area contributed by atoms with Crippen molar-refractivity contribution < 1.29 is 17.6 Å². The minimum Gasteiger partial charge on any atom is -0.312 e. The molecule has 1 aliphatic rings. The highest BCUT2D eigenvalue weighted by molar-refractivity contribution is 7.89. The highest BCUT2D eigenvalue weighted by atomic mass is 35.5. The Morgan fingerprint density at radius 3 is 2.19 bits per heavy atom. The van der Waals surface area contributed by atoms with E-state index in [1.165, 1.54) is 29.2 Å². The fourth-order valence-corrected chi connectivity index (χ4v) is 5.75. The number of hydrogen-bond donors (Lipinski definition) is 0. The van der Waals surface area contributed by atoms with E-state index in [0.29, 0.717) is 16.1 Å². The minimum atomic E-state index is -4.08. The molecular formula is C24H22ClFN2O3S. The zero-order chi connectivity index (χ0) is 23.0. The molecular weight excluding hydrogens is 451 g/mol. The predicted octanol–water partition coefficient (Wildman–Crippen LogP) is 5.72. The molecule has 1 aliphatic heterocycles. The molecule has 0 bridgehead atoms. The maximum absolute atomic E-state index is 14.7. The molecule has 2 amide bonds. The first-order valence-electron chi connectivity index (χ1n) is 10.2. The lowest BCUT2D eigenvalue weighted by atomic mass is 9.98. The van der Waals surface area contributed by atoms with E-state index in [-0.39, 0.29) is 17.5 Å². The maximum atomic E-state index is 14.7. The number of carbonyl (C=O) groups is 1. The summed E-state index contributed by atoms with van der Waals surface area (Å²) < 4.78 is 41.9. The largest absolute Gasteiger partial charge is 0.334 e. The Kier molecular flexibility index (Phi) is 5.97. The summed E-state index contributed by atoms with van der Waals surface area (Å²) >= 11 is 6.72. The summed E-state index contributed by atoms with van der Waals surface area (Å²) in [6.07, 6.45) is 0. The summed E-state index contributed by atoms with van der Waals surface area (Å²) in [5, 5.41) is 0.292. The molecule has 1 atom stereocenters. The molecule has 0 radical (unpaired) electrons. The van der Waals surface area contributed by atoms with Crippen LogP contribution < -0.4 is 0 Å².